The second-order valence-electron chi connectivity index (χ2n) is 5.16. The highest BCUT2D eigenvalue weighted by atomic mass is 16.5. The van der Waals surface area contributed by atoms with Gasteiger partial charge in [0.25, 0.3) is 0 Å². The number of phenols is 1. The van der Waals surface area contributed by atoms with Crippen LogP contribution in [0.1, 0.15) is 64.4 Å². The van der Waals surface area contributed by atoms with Crippen LogP contribution in [0.5, 0.6) is 5.75 Å². The van der Waals surface area contributed by atoms with Gasteiger partial charge in [0.05, 0.1) is 12.9 Å². The van der Waals surface area contributed by atoms with Crippen molar-refractivity contribution in [2.24, 2.45) is 0 Å². The van der Waals surface area contributed by atoms with Crippen molar-refractivity contribution in [3.8, 4) is 5.75 Å². The molecule has 1 rings (SSSR count). The lowest BCUT2D eigenvalue weighted by Crippen LogP contribution is -1.85. The summed E-state index contributed by atoms with van der Waals surface area (Å²) in [4.78, 5) is 0. The fourth-order valence-electron chi connectivity index (χ4n) is 2.07. The Morgan fingerprint density at radius 1 is 0.952 bits per heavy atom. The Labute approximate surface area is 130 Å². The highest BCUT2D eigenvalue weighted by Gasteiger charge is 1.94. The zero-order valence-electron chi connectivity index (χ0n) is 13.8. The third-order valence-electron chi connectivity index (χ3n) is 3.29. The lowest BCUT2D eigenvalue weighted by atomic mass is 10.0. The van der Waals surface area contributed by atoms with Gasteiger partial charge in [0.1, 0.15) is 5.75 Å². The largest absolute Gasteiger partial charge is 0.508 e. The molecule has 0 aliphatic heterocycles. The SMILES string of the molecule is C=COCC.CCCCCCCCCc1ccc(O)cc1. The number of aryl methyl sites for hydroxylation is 1. The van der Waals surface area contributed by atoms with Crippen LogP contribution in [0, 0.1) is 0 Å². The highest BCUT2D eigenvalue weighted by molar-refractivity contribution is 5.25. The van der Waals surface area contributed by atoms with Crippen LogP contribution in [0.2, 0.25) is 0 Å². The number of rotatable bonds is 10. The third-order valence-corrected chi connectivity index (χ3v) is 3.29. The maximum Gasteiger partial charge on any atom is 0.115 e. The van der Waals surface area contributed by atoms with Crippen molar-refractivity contribution in [1.29, 1.82) is 0 Å². The number of aromatic hydroxyl groups is 1. The van der Waals surface area contributed by atoms with E-state index in [9.17, 15) is 0 Å². The quantitative estimate of drug-likeness (QED) is 0.433. The van der Waals surface area contributed by atoms with Crippen LogP contribution >= 0.6 is 0 Å². The molecule has 2 heteroatoms. The molecule has 21 heavy (non-hydrogen) atoms. The van der Waals surface area contributed by atoms with Gasteiger partial charge in [-0.25, -0.2) is 0 Å². The van der Waals surface area contributed by atoms with Gasteiger partial charge in [0.2, 0.25) is 0 Å². The fourth-order valence-corrected chi connectivity index (χ4v) is 2.07. The minimum absolute atomic E-state index is 0.364. The molecule has 0 fully saturated rings. The van der Waals surface area contributed by atoms with Gasteiger partial charge in [-0.15, -0.1) is 0 Å². The van der Waals surface area contributed by atoms with E-state index in [0.717, 1.165) is 13.0 Å². The van der Waals surface area contributed by atoms with Crippen LogP contribution in [0.15, 0.2) is 37.1 Å². The van der Waals surface area contributed by atoms with Crippen LogP contribution in [-0.4, -0.2) is 11.7 Å². The molecule has 1 aromatic rings. The third kappa shape index (κ3) is 13.3. The maximum absolute atomic E-state index is 9.15. The molecule has 0 unspecified atom stereocenters. The first-order valence-corrected chi connectivity index (χ1v) is 8.25. The topological polar surface area (TPSA) is 29.5 Å². The minimum atomic E-state index is 0.364. The van der Waals surface area contributed by atoms with Gasteiger partial charge in [-0.2, -0.15) is 0 Å². The molecule has 0 radical (unpaired) electrons. The zero-order chi connectivity index (χ0) is 15.8. The molecule has 0 spiro atoms. The summed E-state index contributed by atoms with van der Waals surface area (Å²) >= 11 is 0. The van der Waals surface area contributed by atoms with Gasteiger partial charge in [-0.1, -0.05) is 64.2 Å². The molecule has 0 bridgehead atoms. The number of hydrogen-bond donors (Lipinski definition) is 1. The monoisotopic (exact) mass is 292 g/mol. The smallest absolute Gasteiger partial charge is 0.115 e. The van der Waals surface area contributed by atoms with Crippen molar-refractivity contribution in [1.82, 2.24) is 0 Å². The number of benzene rings is 1. The van der Waals surface area contributed by atoms with E-state index < -0.39 is 0 Å². The molecule has 0 atom stereocenters. The summed E-state index contributed by atoms with van der Waals surface area (Å²) in [5.41, 5.74) is 1.34. The Kier molecular flexibility index (Phi) is 13.9. The van der Waals surface area contributed by atoms with Crippen molar-refractivity contribution in [3.63, 3.8) is 0 Å². The molecular formula is C19H32O2. The van der Waals surface area contributed by atoms with Gasteiger partial charge in [-0.3, -0.25) is 0 Å². The van der Waals surface area contributed by atoms with Crippen LogP contribution in [-0.2, 0) is 11.2 Å². The van der Waals surface area contributed by atoms with E-state index in [2.05, 4.69) is 18.2 Å². The van der Waals surface area contributed by atoms with Crippen molar-refractivity contribution in [2.45, 2.75) is 65.2 Å². The zero-order valence-corrected chi connectivity index (χ0v) is 13.8. The highest BCUT2D eigenvalue weighted by Crippen LogP contribution is 2.13. The van der Waals surface area contributed by atoms with Crippen LogP contribution < -0.4 is 0 Å². The van der Waals surface area contributed by atoms with Crippen LogP contribution in [0.25, 0.3) is 0 Å². The summed E-state index contributed by atoms with van der Waals surface area (Å²) in [6.45, 7) is 8.23. The Bertz CT molecular complexity index is 330. The summed E-state index contributed by atoms with van der Waals surface area (Å²) in [7, 11) is 0. The predicted octanol–water partition coefficient (Wildman–Crippen LogP) is 5.85. The van der Waals surface area contributed by atoms with E-state index in [4.69, 9.17) is 5.11 Å². The molecule has 0 aliphatic carbocycles. The van der Waals surface area contributed by atoms with Crippen molar-refractivity contribution >= 4 is 0 Å². The molecular weight excluding hydrogens is 260 g/mol. The first-order valence-electron chi connectivity index (χ1n) is 8.25. The molecule has 1 N–H and O–H groups in total. The molecule has 1 aromatic carbocycles. The molecule has 120 valence electrons. The van der Waals surface area contributed by atoms with E-state index in [1.54, 1.807) is 12.1 Å². The molecule has 2 nitrogen and oxygen atoms in total. The summed E-state index contributed by atoms with van der Waals surface area (Å²) in [5, 5.41) is 9.15. The second kappa shape index (κ2) is 15.0. The summed E-state index contributed by atoms with van der Waals surface area (Å²) in [6.07, 6.45) is 12.1. The molecule has 0 aliphatic rings. The fraction of sp³-hybridized carbons (Fsp3) is 0.579. The van der Waals surface area contributed by atoms with E-state index >= 15 is 0 Å². The molecule has 0 aromatic heterocycles. The van der Waals surface area contributed by atoms with Gasteiger partial charge >= 0.3 is 0 Å². The molecule has 0 saturated heterocycles. The first-order chi connectivity index (χ1) is 10.2. The molecule has 0 amide bonds. The maximum atomic E-state index is 9.15. The Hall–Kier alpha value is -1.44. The number of phenolic OH excluding ortho intramolecular Hbond substituents is 1. The predicted molar refractivity (Wildman–Crippen MR) is 91.6 cm³/mol. The Morgan fingerprint density at radius 3 is 2.00 bits per heavy atom. The van der Waals surface area contributed by atoms with Crippen molar-refractivity contribution in [3.05, 3.63) is 42.7 Å². The van der Waals surface area contributed by atoms with Gasteiger partial charge < -0.3 is 9.84 Å². The average Bonchev–Trinajstić information content (AvgIpc) is 2.50. The van der Waals surface area contributed by atoms with Crippen molar-refractivity contribution < 1.29 is 9.84 Å². The van der Waals surface area contributed by atoms with Gasteiger partial charge in [0, 0.05) is 0 Å². The minimum Gasteiger partial charge on any atom is -0.508 e. The lowest BCUT2D eigenvalue weighted by molar-refractivity contribution is 0.270. The number of unbranched alkanes of at least 4 members (excludes halogenated alkanes) is 6. The number of ether oxygens (including phenoxy) is 1. The Balaban J connectivity index is 0.000000690. The van der Waals surface area contributed by atoms with Crippen LogP contribution in [0.4, 0.5) is 0 Å². The second-order valence-corrected chi connectivity index (χ2v) is 5.16. The summed E-state index contributed by atoms with van der Waals surface area (Å²) in [5.74, 6) is 0.364. The normalized spacial score (nSPS) is 9.62. The average molecular weight is 292 g/mol. The molecule has 0 heterocycles. The van der Waals surface area contributed by atoms with E-state index in [1.807, 2.05) is 19.1 Å². The van der Waals surface area contributed by atoms with E-state index in [0.29, 0.717) is 5.75 Å². The summed E-state index contributed by atoms with van der Waals surface area (Å²) < 4.78 is 4.60. The van der Waals surface area contributed by atoms with Crippen LogP contribution in [0.3, 0.4) is 0 Å². The van der Waals surface area contributed by atoms with Gasteiger partial charge in [-0.05, 0) is 37.5 Å². The Morgan fingerprint density at radius 2 is 1.52 bits per heavy atom. The number of hydrogen-bond acceptors (Lipinski definition) is 2. The van der Waals surface area contributed by atoms with Crippen molar-refractivity contribution in [2.75, 3.05) is 6.61 Å². The molecule has 0 saturated carbocycles. The standard InChI is InChI=1S/C15H24O.C4H8O/c1-2-3-4-5-6-7-8-9-14-10-12-15(16)13-11-14;1-3-5-4-2/h10-13,16H,2-9H2,1H3;3H,1,4H2,2H3. The summed E-state index contributed by atoms with van der Waals surface area (Å²) in [6, 6.07) is 7.59. The van der Waals surface area contributed by atoms with E-state index in [1.165, 1.54) is 56.8 Å². The first kappa shape index (κ1) is 19.6. The lowest BCUT2D eigenvalue weighted by Gasteiger charge is -2.02. The van der Waals surface area contributed by atoms with Gasteiger partial charge in [0.15, 0.2) is 0 Å². The van der Waals surface area contributed by atoms with E-state index in [-0.39, 0.29) is 0 Å².